The van der Waals surface area contributed by atoms with E-state index < -0.39 is 0 Å². The zero-order valence-electron chi connectivity index (χ0n) is 14.7. The number of hydrogen-bond acceptors (Lipinski definition) is 7. The Kier molecular flexibility index (Phi) is 3.63. The van der Waals surface area contributed by atoms with Crippen molar-refractivity contribution in [1.82, 2.24) is 9.97 Å². The van der Waals surface area contributed by atoms with Crippen molar-refractivity contribution in [3.05, 3.63) is 59.9 Å². The molecule has 0 amide bonds. The van der Waals surface area contributed by atoms with E-state index in [1.807, 2.05) is 0 Å². The summed E-state index contributed by atoms with van der Waals surface area (Å²) in [7, 11) is 0. The Bertz CT molecular complexity index is 948. The molecule has 9 nitrogen and oxygen atoms in total. The lowest BCUT2D eigenvalue weighted by Gasteiger charge is -2.01. The third-order valence-electron chi connectivity index (χ3n) is 3.29. The zero-order valence-corrected chi connectivity index (χ0v) is 12.7. The van der Waals surface area contributed by atoms with Crippen LogP contribution in [0.2, 0.25) is 0 Å². The molecule has 126 valence electrons. The molecule has 25 heavy (non-hydrogen) atoms. The maximum Gasteiger partial charge on any atom is 0.171 e. The molecule has 0 unspecified atom stereocenters. The van der Waals surface area contributed by atoms with Gasteiger partial charge >= 0.3 is 0 Å². The van der Waals surface area contributed by atoms with Gasteiger partial charge in [-0.1, -0.05) is 10.3 Å². The third-order valence-corrected chi connectivity index (χ3v) is 3.29. The first-order valence-corrected chi connectivity index (χ1v) is 6.95. The standard InChI is InChI=1S/C16H14N6O3/c17-15(21-23)9-1-3-11(19-7-9)13-5-6-14(25-13)12-4-2-10(8-20-12)16(18)22-24/h1-8,23-24H,(H2,17,21)(H2,18,22)/i5D,6D. The fourth-order valence-corrected chi connectivity index (χ4v) is 1.97. The molecule has 0 aliphatic carbocycles. The summed E-state index contributed by atoms with van der Waals surface area (Å²) in [5.41, 5.74) is 12.4. The first kappa shape index (κ1) is 13.5. The predicted octanol–water partition coefficient (Wildman–Crippen LogP) is 1.59. The Morgan fingerprint density at radius 3 is 1.64 bits per heavy atom. The van der Waals surface area contributed by atoms with E-state index in [0.29, 0.717) is 22.5 Å². The van der Waals surface area contributed by atoms with Crippen LogP contribution in [-0.4, -0.2) is 32.1 Å². The molecule has 3 heterocycles. The molecular weight excluding hydrogens is 324 g/mol. The monoisotopic (exact) mass is 340 g/mol. The summed E-state index contributed by atoms with van der Waals surface area (Å²) in [6.45, 7) is 0. The molecule has 0 saturated carbocycles. The molecule has 3 aromatic rings. The normalized spacial score (nSPS) is 13.4. The van der Waals surface area contributed by atoms with Crippen LogP contribution in [0.5, 0.6) is 0 Å². The maximum absolute atomic E-state index is 8.68. The topological polar surface area (TPSA) is 156 Å². The summed E-state index contributed by atoms with van der Waals surface area (Å²) >= 11 is 0. The number of hydrogen-bond donors (Lipinski definition) is 4. The van der Waals surface area contributed by atoms with E-state index >= 15 is 0 Å². The van der Waals surface area contributed by atoms with Gasteiger partial charge in [0.15, 0.2) is 23.2 Å². The van der Waals surface area contributed by atoms with Gasteiger partial charge in [-0.3, -0.25) is 9.97 Å². The van der Waals surface area contributed by atoms with Crippen LogP contribution in [-0.2, 0) is 0 Å². The fraction of sp³-hybridized carbons (Fsp3) is 0. The highest BCUT2D eigenvalue weighted by molar-refractivity contribution is 5.97. The Labute approximate surface area is 144 Å². The first-order chi connectivity index (χ1) is 13.0. The molecule has 0 radical (unpaired) electrons. The van der Waals surface area contributed by atoms with Crippen LogP contribution in [0, 0.1) is 0 Å². The molecule has 3 aromatic heterocycles. The van der Waals surface area contributed by atoms with E-state index in [-0.39, 0.29) is 35.3 Å². The Morgan fingerprint density at radius 1 is 0.880 bits per heavy atom. The van der Waals surface area contributed by atoms with Crippen LogP contribution in [0.1, 0.15) is 13.9 Å². The second-order valence-electron chi connectivity index (χ2n) is 4.85. The Hall–Kier alpha value is -3.88. The van der Waals surface area contributed by atoms with Gasteiger partial charge in [-0.2, -0.15) is 0 Å². The molecule has 0 bridgehead atoms. The molecule has 0 fully saturated rings. The second kappa shape index (κ2) is 6.71. The number of nitrogens with two attached hydrogens (primary N) is 2. The number of nitrogens with zero attached hydrogens (tertiary/aromatic N) is 4. The first-order valence-electron chi connectivity index (χ1n) is 7.95. The van der Waals surface area contributed by atoms with Gasteiger partial charge in [0.25, 0.3) is 0 Å². The van der Waals surface area contributed by atoms with Gasteiger partial charge in [0.1, 0.15) is 11.4 Å². The maximum atomic E-state index is 8.68. The summed E-state index contributed by atoms with van der Waals surface area (Å²) in [5, 5.41) is 23.1. The molecule has 0 atom stereocenters. The summed E-state index contributed by atoms with van der Waals surface area (Å²) in [6, 6.07) is 5.84. The largest absolute Gasteiger partial charge is 0.453 e. The van der Waals surface area contributed by atoms with E-state index in [4.69, 9.17) is 29.0 Å². The van der Waals surface area contributed by atoms with Crippen LogP contribution >= 0.6 is 0 Å². The highest BCUT2D eigenvalue weighted by Gasteiger charge is 2.10. The van der Waals surface area contributed by atoms with Gasteiger partial charge in [-0.05, 0) is 36.4 Å². The van der Waals surface area contributed by atoms with E-state index in [2.05, 4.69) is 20.3 Å². The number of amidine groups is 2. The van der Waals surface area contributed by atoms with Crippen molar-refractivity contribution in [3.63, 3.8) is 0 Å². The fourth-order valence-electron chi connectivity index (χ4n) is 1.97. The van der Waals surface area contributed by atoms with Crippen molar-refractivity contribution in [3.8, 4) is 22.9 Å². The van der Waals surface area contributed by atoms with Crippen molar-refractivity contribution in [2.45, 2.75) is 0 Å². The lowest BCUT2D eigenvalue weighted by atomic mass is 10.2. The van der Waals surface area contributed by atoms with Gasteiger partial charge in [-0.25, -0.2) is 0 Å². The van der Waals surface area contributed by atoms with Crippen LogP contribution in [0.25, 0.3) is 22.9 Å². The number of furan rings is 1. The average Bonchev–Trinajstić information content (AvgIpc) is 3.02. The molecule has 0 aliphatic heterocycles. The molecule has 9 heteroatoms. The number of pyridine rings is 2. The third kappa shape index (κ3) is 3.24. The predicted molar refractivity (Wildman–Crippen MR) is 90.2 cm³/mol. The molecule has 0 aliphatic rings. The molecule has 3 rings (SSSR count). The second-order valence-corrected chi connectivity index (χ2v) is 4.85. The summed E-state index contributed by atoms with van der Waals surface area (Å²) in [4.78, 5) is 8.25. The molecule has 6 N–H and O–H groups in total. The van der Waals surface area contributed by atoms with Crippen molar-refractivity contribution in [2.75, 3.05) is 0 Å². The van der Waals surface area contributed by atoms with Crippen LogP contribution in [0.4, 0.5) is 0 Å². The van der Waals surface area contributed by atoms with Gasteiger partial charge in [0.2, 0.25) is 0 Å². The van der Waals surface area contributed by atoms with E-state index in [0.717, 1.165) is 0 Å². The van der Waals surface area contributed by atoms with Crippen molar-refractivity contribution in [2.24, 2.45) is 21.8 Å². The lowest BCUT2D eigenvalue weighted by molar-refractivity contribution is 0.318. The number of aromatic nitrogens is 2. The van der Waals surface area contributed by atoms with Crippen LogP contribution in [0.3, 0.4) is 0 Å². The minimum atomic E-state index is -0.156. The van der Waals surface area contributed by atoms with Gasteiger partial charge in [0, 0.05) is 23.5 Å². The number of rotatable bonds is 4. The summed E-state index contributed by atoms with van der Waals surface area (Å²) in [5.74, 6) is -0.0281. The Balaban J connectivity index is 1.99. The SMILES string of the molecule is [2H]c1c(-c2ccc(/C(N)=N\O)cn2)oc(-c2ccc(/C(N)=N\O)cn2)c1[2H]. The summed E-state index contributed by atoms with van der Waals surface area (Å²) < 4.78 is 21.9. The van der Waals surface area contributed by atoms with Gasteiger partial charge < -0.3 is 26.3 Å². The minimum absolute atomic E-state index is 0.0865. The summed E-state index contributed by atoms with van der Waals surface area (Å²) in [6.07, 6.45) is 2.72. The smallest absolute Gasteiger partial charge is 0.171 e. The Morgan fingerprint density at radius 2 is 1.32 bits per heavy atom. The van der Waals surface area contributed by atoms with Crippen LogP contribution in [0.15, 0.2) is 63.5 Å². The zero-order chi connectivity index (χ0) is 19.6. The van der Waals surface area contributed by atoms with E-state index in [1.165, 1.54) is 24.5 Å². The van der Waals surface area contributed by atoms with Crippen molar-refractivity contribution < 1.29 is 17.6 Å². The quantitative estimate of drug-likeness (QED) is 0.243. The van der Waals surface area contributed by atoms with Crippen molar-refractivity contribution in [1.29, 1.82) is 0 Å². The van der Waals surface area contributed by atoms with Gasteiger partial charge in [-0.15, -0.1) is 0 Å². The van der Waals surface area contributed by atoms with Crippen molar-refractivity contribution >= 4 is 11.7 Å². The highest BCUT2D eigenvalue weighted by atomic mass is 16.4. The molecule has 0 saturated heterocycles. The van der Waals surface area contributed by atoms with Crippen LogP contribution < -0.4 is 11.5 Å². The van der Waals surface area contributed by atoms with E-state index in [9.17, 15) is 0 Å². The molecule has 0 aromatic carbocycles. The average molecular weight is 340 g/mol. The minimum Gasteiger partial charge on any atom is -0.453 e. The van der Waals surface area contributed by atoms with E-state index in [1.54, 1.807) is 12.1 Å². The molecule has 0 spiro atoms. The van der Waals surface area contributed by atoms with Gasteiger partial charge in [0.05, 0.1) is 2.74 Å². The highest BCUT2D eigenvalue weighted by Crippen LogP contribution is 2.26. The lowest BCUT2D eigenvalue weighted by Crippen LogP contribution is -2.13. The number of oxime groups is 2. The molecular formula is C16H14N6O3.